The number of ether oxygens (including phenoxy) is 2. The first kappa shape index (κ1) is 22.6. The summed E-state index contributed by atoms with van der Waals surface area (Å²) in [4.78, 5) is 30.1. The molecule has 4 rings (SSSR count). The van der Waals surface area contributed by atoms with Gasteiger partial charge in [-0.2, -0.15) is 0 Å². The van der Waals surface area contributed by atoms with Crippen LogP contribution in [0.25, 0.3) is 0 Å². The van der Waals surface area contributed by atoms with Gasteiger partial charge in [0.2, 0.25) is 5.91 Å². The van der Waals surface area contributed by atoms with Gasteiger partial charge < -0.3 is 14.4 Å². The van der Waals surface area contributed by atoms with Crippen molar-refractivity contribution in [3.8, 4) is 5.75 Å². The van der Waals surface area contributed by atoms with Gasteiger partial charge in [-0.3, -0.25) is 9.69 Å². The average molecular weight is 501 g/mol. The first-order chi connectivity index (χ1) is 15.2. The number of benzene rings is 2. The Balaban J connectivity index is 1.57. The van der Waals surface area contributed by atoms with Crippen LogP contribution < -0.4 is 4.74 Å². The lowest BCUT2D eigenvalue weighted by atomic mass is 9.96. The van der Waals surface area contributed by atoms with Gasteiger partial charge in [0, 0.05) is 25.6 Å². The van der Waals surface area contributed by atoms with Crippen LogP contribution in [0.1, 0.15) is 49.8 Å². The van der Waals surface area contributed by atoms with Gasteiger partial charge in [0.25, 0.3) is 0 Å². The number of halogens is 1. The lowest BCUT2D eigenvalue weighted by Crippen LogP contribution is -2.47. The minimum atomic E-state index is -0.623. The first-order valence-corrected chi connectivity index (χ1v) is 11.6. The van der Waals surface area contributed by atoms with Crippen LogP contribution in [0, 0.1) is 0 Å². The number of hydrogen-bond donors (Lipinski definition) is 0. The molecule has 1 saturated heterocycles. The predicted molar refractivity (Wildman–Crippen MR) is 125 cm³/mol. The first-order valence-electron chi connectivity index (χ1n) is 10.8. The van der Waals surface area contributed by atoms with E-state index in [9.17, 15) is 9.59 Å². The van der Waals surface area contributed by atoms with E-state index in [0.29, 0.717) is 26.1 Å². The van der Waals surface area contributed by atoms with Crippen molar-refractivity contribution in [2.24, 2.45) is 0 Å². The molecule has 0 N–H and O–H groups in total. The summed E-state index contributed by atoms with van der Waals surface area (Å²) in [5.41, 5.74) is 2.67. The molecule has 2 atom stereocenters. The fourth-order valence-electron chi connectivity index (χ4n) is 4.48. The monoisotopic (exact) mass is 500 g/mol. The maximum atomic E-state index is 13.6. The molecule has 2 aromatic rings. The summed E-state index contributed by atoms with van der Waals surface area (Å²) in [5.74, 6) is 0.802. The molecule has 0 spiro atoms. The highest BCUT2D eigenvalue weighted by Crippen LogP contribution is 2.37. The number of fused-ring (bicyclic) bond motifs is 1. The Hall–Kier alpha value is -2.54. The molecular formula is C25H29BrN2O4. The number of rotatable bonds is 3. The summed E-state index contributed by atoms with van der Waals surface area (Å²) in [7, 11) is 1.63. The van der Waals surface area contributed by atoms with Gasteiger partial charge in [0.05, 0.1) is 11.6 Å². The van der Waals surface area contributed by atoms with Gasteiger partial charge in [-0.15, -0.1) is 0 Å². The SMILES string of the molecule is COc1cc2c(cc1Br)CN(C(=O)[C@H]1C[C@@H](c3ccccc3)CN1C(=O)OC(C)(C)C)C2. The van der Waals surface area contributed by atoms with E-state index in [4.69, 9.17) is 9.47 Å². The minimum Gasteiger partial charge on any atom is -0.496 e. The van der Waals surface area contributed by atoms with Gasteiger partial charge in [-0.1, -0.05) is 30.3 Å². The highest BCUT2D eigenvalue weighted by atomic mass is 79.9. The molecule has 0 radical (unpaired) electrons. The molecule has 1 fully saturated rings. The highest BCUT2D eigenvalue weighted by molar-refractivity contribution is 9.10. The van der Waals surface area contributed by atoms with E-state index < -0.39 is 17.7 Å². The third kappa shape index (κ3) is 4.63. The molecule has 2 amide bonds. The molecule has 0 bridgehead atoms. The molecule has 2 aliphatic heterocycles. The topological polar surface area (TPSA) is 59.1 Å². The summed E-state index contributed by atoms with van der Waals surface area (Å²) >= 11 is 3.53. The minimum absolute atomic E-state index is 0.0411. The molecule has 0 aliphatic carbocycles. The van der Waals surface area contributed by atoms with Crippen LogP contribution in [0.15, 0.2) is 46.9 Å². The molecule has 7 heteroatoms. The molecule has 0 saturated carbocycles. The summed E-state index contributed by atoms with van der Waals surface area (Å²) in [5, 5.41) is 0. The maximum absolute atomic E-state index is 13.6. The third-order valence-electron chi connectivity index (χ3n) is 5.99. The highest BCUT2D eigenvalue weighted by Gasteiger charge is 2.44. The van der Waals surface area contributed by atoms with Crippen molar-refractivity contribution in [1.82, 2.24) is 9.80 Å². The zero-order valence-corrected chi connectivity index (χ0v) is 20.5. The number of carbonyl (C=O) groups is 2. The number of carbonyl (C=O) groups excluding carboxylic acids is 2. The largest absolute Gasteiger partial charge is 0.496 e. The van der Waals surface area contributed by atoms with Crippen LogP contribution in [-0.4, -0.2) is 47.1 Å². The Morgan fingerprint density at radius 1 is 1.06 bits per heavy atom. The summed E-state index contributed by atoms with van der Waals surface area (Å²) in [6, 6.07) is 13.5. The zero-order chi connectivity index (χ0) is 23.0. The second-order valence-corrected chi connectivity index (χ2v) is 10.3. The van der Waals surface area contributed by atoms with Gasteiger partial charge in [0.15, 0.2) is 0 Å². The molecule has 0 unspecified atom stereocenters. The van der Waals surface area contributed by atoms with Crippen LogP contribution in [0.2, 0.25) is 0 Å². The standard InChI is InChI=1S/C25H29BrN2O4/c1-25(2,3)32-24(30)28-15-18(16-8-6-5-7-9-16)11-21(28)23(29)27-13-17-10-20(26)22(31-4)12-19(17)14-27/h5-10,12,18,21H,11,13-15H2,1-4H3/t18-,21-/m1/s1. The van der Waals surface area contributed by atoms with Crippen LogP contribution in [0.4, 0.5) is 4.79 Å². The van der Waals surface area contributed by atoms with Gasteiger partial charge in [0.1, 0.15) is 17.4 Å². The summed E-state index contributed by atoms with van der Waals surface area (Å²) in [6.07, 6.45) is 0.150. The Labute approximate surface area is 197 Å². The lowest BCUT2D eigenvalue weighted by Gasteiger charge is -2.30. The molecule has 0 aromatic heterocycles. The smallest absolute Gasteiger partial charge is 0.410 e. The molecule has 2 aromatic carbocycles. The summed E-state index contributed by atoms with van der Waals surface area (Å²) < 4.78 is 11.9. The van der Waals surface area contributed by atoms with Crippen molar-refractivity contribution >= 4 is 27.9 Å². The molecule has 32 heavy (non-hydrogen) atoms. The van der Waals surface area contributed by atoms with E-state index in [1.807, 2.05) is 56.0 Å². The van der Waals surface area contributed by atoms with E-state index in [-0.39, 0.29) is 11.8 Å². The number of methoxy groups -OCH3 is 1. The quantitative estimate of drug-likeness (QED) is 0.588. The predicted octanol–water partition coefficient (Wildman–Crippen LogP) is 5.09. The number of nitrogens with zero attached hydrogens (tertiary/aromatic N) is 2. The number of amides is 2. The van der Waals surface area contributed by atoms with E-state index in [2.05, 4.69) is 28.1 Å². The summed E-state index contributed by atoms with van der Waals surface area (Å²) in [6.45, 7) is 7.02. The average Bonchev–Trinajstić information content (AvgIpc) is 3.36. The molecule has 2 aliphatic rings. The van der Waals surface area contributed by atoms with E-state index >= 15 is 0 Å². The van der Waals surface area contributed by atoms with Crippen molar-refractivity contribution in [1.29, 1.82) is 0 Å². The number of hydrogen-bond acceptors (Lipinski definition) is 4. The number of likely N-dealkylation sites (tertiary alicyclic amines) is 1. The van der Waals surface area contributed by atoms with E-state index in [1.165, 1.54) is 0 Å². The van der Waals surface area contributed by atoms with Crippen molar-refractivity contribution in [2.75, 3.05) is 13.7 Å². The van der Waals surface area contributed by atoms with Gasteiger partial charge >= 0.3 is 6.09 Å². The molecule has 6 nitrogen and oxygen atoms in total. The Kier molecular flexibility index (Phi) is 6.21. The van der Waals surface area contributed by atoms with Crippen molar-refractivity contribution < 1.29 is 19.1 Å². The normalized spacial score (nSPS) is 20.3. The second kappa shape index (κ2) is 8.77. The van der Waals surface area contributed by atoms with Crippen molar-refractivity contribution in [3.63, 3.8) is 0 Å². The Morgan fingerprint density at radius 2 is 1.72 bits per heavy atom. The Bertz CT molecular complexity index is 1020. The van der Waals surface area contributed by atoms with Crippen LogP contribution in [-0.2, 0) is 22.6 Å². The van der Waals surface area contributed by atoms with Crippen molar-refractivity contribution in [2.45, 2.75) is 57.8 Å². The third-order valence-corrected chi connectivity index (χ3v) is 6.61. The molecule has 170 valence electrons. The van der Waals surface area contributed by atoms with E-state index in [1.54, 1.807) is 12.0 Å². The van der Waals surface area contributed by atoms with Gasteiger partial charge in [-0.25, -0.2) is 4.79 Å². The van der Waals surface area contributed by atoms with Crippen LogP contribution in [0.3, 0.4) is 0 Å². The Morgan fingerprint density at radius 3 is 2.34 bits per heavy atom. The van der Waals surface area contributed by atoms with E-state index in [0.717, 1.165) is 26.9 Å². The van der Waals surface area contributed by atoms with Crippen molar-refractivity contribution in [3.05, 3.63) is 63.6 Å². The molecular weight excluding hydrogens is 472 g/mol. The van der Waals surface area contributed by atoms with Gasteiger partial charge in [-0.05, 0) is 71.9 Å². The lowest BCUT2D eigenvalue weighted by molar-refractivity contribution is -0.136. The van der Waals surface area contributed by atoms with Crippen LogP contribution in [0.5, 0.6) is 5.75 Å². The zero-order valence-electron chi connectivity index (χ0n) is 18.9. The maximum Gasteiger partial charge on any atom is 0.410 e. The fraction of sp³-hybridized carbons (Fsp3) is 0.440. The second-order valence-electron chi connectivity index (χ2n) is 9.44. The van der Waals surface area contributed by atoms with Crippen LogP contribution >= 0.6 is 15.9 Å². The fourth-order valence-corrected chi connectivity index (χ4v) is 5.03. The molecule has 2 heterocycles.